The van der Waals surface area contributed by atoms with Crippen LogP contribution in [-0.4, -0.2) is 37.7 Å². The molecule has 1 saturated carbocycles. The summed E-state index contributed by atoms with van der Waals surface area (Å²) in [6.45, 7) is 2.70. The summed E-state index contributed by atoms with van der Waals surface area (Å²) in [6, 6.07) is 3.72. The second-order valence-electron chi connectivity index (χ2n) is 8.06. The third-order valence-electron chi connectivity index (χ3n) is 6.31. The van der Waals surface area contributed by atoms with Crippen molar-refractivity contribution in [3.8, 4) is 0 Å². The summed E-state index contributed by atoms with van der Waals surface area (Å²) >= 11 is 0. The summed E-state index contributed by atoms with van der Waals surface area (Å²) in [7, 11) is 2.16. The Labute approximate surface area is 158 Å². The molecule has 1 aliphatic heterocycles. The van der Waals surface area contributed by atoms with Gasteiger partial charge < -0.3 is 9.64 Å². The monoisotopic (exact) mass is 387 g/mol. The van der Waals surface area contributed by atoms with Crippen molar-refractivity contribution in [2.75, 3.05) is 26.8 Å². The standard InChI is InChI=1S/C21H29F4NO/c1-26(18-9-12-27-13-10-18)11-8-15-2-4-16(5-3-15)19-7-6-17(22)14-20(19)21(23,24)25/h6-7,14-16,18H,2-5,8-13H2,1H3. The van der Waals surface area contributed by atoms with Crippen molar-refractivity contribution in [1.82, 2.24) is 4.90 Å². The number of benzene rings is 1. The Morgan fingerprint density at radius 3 is 2.33 bits per heavy atom. The molecule has 0 atom stereocenters. The van der Waals surface area contributed by atoms with Crippen molar-refractivity contribution in [3.05, 3.63) is 35.1 Å². The maximum Gasteiger partial charge on any atom is 0.416 e. The second kappa shape index (κ2) is 8.91. The number of halogens is 4. The predicted molar refractivity (Wildman–Crippen MR) is 97.2 cm³/mol. The largest absolute Gasteiger partial charge is 0.416 e. The van der Waals surface area contributed by atoms with E-state index in [-0.39, 0.29) is 11.5 Å². The lowest BCUT2D eigenvalue weighted by molar-refractivity contribution is -0.138. The van der Waals surface area contributed by atoms with Gasteiger partial charge >= 0.3 is 6.18 Å². The third kappa shape index (κ3) is 5.44. The molecular formula is C21H29F4NO. The molecule has 6 heteroatoms. The minimum absolute atomic E-state index is 0.119. The summed E-state index contributed by atoms with van der Waals surface area (Å²) < 4.78 is 58.5. The second-order valence-corrected chi connectivity index (χ2v) is 8.06. The maximum atomic E-state index is 13.3. The van der Waals surface area contributed by atoms with Gasteiger partial charge in [-0.05, 0) is 88.1 Å². The first-order chi connectivity index (χ1) is 12.8. The predicted octanol–water partition coefficient (Wildman–Crippen LogP) is 5.62. The van der Waals surface area contributed by atoms with Gasteiger partial charge in [-0.3, -0.25) is 0 Å². The summed E-state index contributed by atoms with van der Waals surface area (Å²) in [4.78, 5) is 2.41. The molecule has 2 fully saturated rings. The molecule has 2 aliphatic rings. The minimum atomic E-state index is -4.50. The fourth-order valence-corrected chi connectivity index (χ4v) is 4.59. The fourth-order valence-electron chi connectivity index (χ4n) is 4.59. The van der Waals surface area contributed by atoms with Crippen molar-refractivity contribution in [1.29, 1.82) is 0 Å². The van der Waals surface area contributed by atoms with Gasteiger partial charge in [-0.25, -0.2) is 4.39 Å². The first kappa shape index (κ1) is 20.6. The first-order valence-corrected chi connectivity index (χ1v) is 9.99. The highest BCUT2D eigenvalue weighted by Crippen LogP contribution is 2.42. The van der Waals surface area contributed by atoms with Gasteiger partial charge in [0.25, 0.3) is 0 Å². The zero-order valence-corrected chi connectivity index (χ0v) is 15.9. The lowest BCUT2D eigenvalue weighted by Gasteiger charge is -2.34. The molecule has 0 N–H and O–H groups in total. The highest BCUT2D eigenvalue weighted by atomic mass is 19.4. The molecule has 0 unspecified atom stereocenters. The Morgan fingerprint density at radius 2 is 1.70 bits per heavy atom. The van der Waals surface area contributed by atoms with Crippen LogP contribution in [0.2, 0.25) is 0 Å². The molecule has 152 valence electrons. The molecule has 1 aromatic rings. The zero-order chi connectivity index (χ0) is 19.4. The van der Waals surface area contributed by atoms with Crippen molar-refractivity contribution < 1.29 is 22.3 Å². The van der Waals surface area contributed by atoms with E-state index in [0.29, 0.717) is 18.0 Å². The van der Waals surface area contributed by atoms with E-state index in [1.165, 1.54) is 6.07 Å². The van der Waals surface area contributed by atoms with Crippen LogP contribution < -0.4 is 0 Å². The quantitative estimate of drug-likeness (QED) is 0.608. The van der Waals surface area contributed by atoms with Crippen LogP contribution >= 0.6 is 0 Å². The van der Waals surface area contributed by atoms with Crippen LogP contribution in [0, 0.1) is 11.7 Å². The molecule has 0 bridgehead atoms. The van der Waals surface area contributed by atoms with E-state index in [9.17, 15) is 17.6 Å². The van der Waals surface area contributed by atoms with Gasteiger partial charge in [0.1, 0.15) is 5.82 Å². The van der Waals surface area contributed by atoms with Gasteiger partial charge in [0.05, 0.1) is 5.56 Å². The highest BCUT2D eigenvalue weighted by molar-refractivity contribution is 5.33. The SMILES string of the molecule is CN(CCC1CCC(c2ccc(F)cc2C(F)(F)F)CC1)C1CCOCC1. The van der Waals surface area contributed by atoms with Crippen molar-refractivity contribution in [2.24, 2.45) is 5.92 Å². The summed E-state index contributed by atoms with van der Waals surface area (Å²) in [5.41, 5.74) is -0.535. The number of alkyl halides is 3. The molecule has 0 amide bonds. The van der Waals surface area contributed by atoms with Gasteiger partial charge in [-0.1, -0.05) is 6.07 Å². The molecule has 1 aromatic carbocycles. The molecule has 1 saturated heterocycles. The fraction of sp³-hybridized carbons (Fsp3) is 0.714. The van der Waals surface area contributed by atoms with Gasteiger partial charge in [0.15, 0.2) is 0 Å². The van der Waals surface area contributed by atoms with E-state index in [4.69, 9.17) is 4.74 Å². The van der Waals surface area contributed by atoms with Gasteiger partial charge in [-0.15, -0.1) is 0 Å². The molecular weight excluding hydrogens is 358 g/mol. The number of rotatable bonds is 5. The van der Waals surface area contributed by atoms with Gasteiger partial charge in [-0.2, -0.15) is 13.2 Å². The molecule has 3 rings (SSSR count). The molecule has 1 heterocycles. The average Bonchev–Trinajstić information content (AvgIpc) is 2.66. The van der Waals surface area contributed by atoms with Gasteiger partial charge in [0, 0.05) is 19.3 Å². The molecule has 0 spiro atoms. The van der Waals surface area contributed by atoms with Crippen LogP contribution in [-0.2, 0) is 10.9 Å². The van der Waals surface area contributed by atoms with Crippen LogP contribution in [0.1, 0.15) is 62.0 Å². The lowest BCUT2D eigenvalue weighted by Crippen LogP contribution is -2.37. The van der Waals surface area contributed by atoms with Gasteiger partial charge in [0.2, 0.25) is 0 Å². The number of nitrogens with zero attached hydrogens (tertiary/aromatic N) is 1. The normalized spacial score (nSPS) is 25.1. The minimum Gasteiger partial charge on any atom is -0.381 e. The van der Waals surface area contributed by atoms with E-state index in [1.807, 2.05) is 0 Å². The van der Waals surface area contributed by atoms with Crippen LogP contribution in [0.4, 0.5) is 17.6 Å². The molecule has 0 aromatic heterocycles. The van der Waals surface area contributed by atoms with E-state index in [0.717, 1.165) is 70.8 Å². The molecule has 0 radical (unpaired) electrons. The van der Waals surface area contributed by atoms with Crippen molar-refractivity contribution in [2.45, 2.75) is 63.1 Å². The number of ether oxygens (including phenoxy) is 1. The van der Waals surface area contributed by atoms with Crippen LogP contribution in [0.25, 0.3) is 0 Å². The van der Waals surface area contributed by atoms with Crippen molar-refractivity contribution in [3.63, 3.8) is 0 Å². The topological polar surface area (TPSA) is 12.5 Å². The Morgan fingerprint density at radius 1 is 1.04 bits per heavy atom. The van der Waals surface area contributed by atoms with E-state index < -0.39 is 17.6 Å². The molecule has 1 aliphatic carbocycles. The number of hydrogen-bond acceptors (Lipinski definition) is 2. The summed E-state index contributed by atoms with van der Waals surface area (Å²) in [5.74, 6) is -0.374. The van der Waals surface area contributed by atoms with Crippen LogP contribution in [0.3, 0.4) is 0 Å². The lowest BCUT2D eigenvalue weighted by atomic mass is 9.76. The Kier molecular flexibility index (Phi) is 6.79. The van der Waals surface area contributed by atoms with E-state index in [2.05, 4.69) is 11.9 Å². The molecule has 2 nitrogen and oxygen atoms in total. The number of hydrogen-bond donors (Lipinski definition) is 0. The van der Waals surface area contributed by atoms with E-state index in [1.54, 1.807) is 0 Å². The maximum absolute atomic E-state index is 13.3. The third-order valence-corrected chi connectivity index (χ3v) is 6.31. The van der Waals surface area contributed by atoms with E-state index >= 15 is 0 Å². The van der Waals surface area contributed by atoms with Crippen LogP contribution in [0.15, 0.2) is 18.2 Å². The zero-order valence-electron chi connectivity index (χ0n) is 15.9. The highest BCUT2D eigenvalue weighted by Gasteiger charge is 2.36. The van der Waals surface area contributed by atoms with Crippen LogP contribution in [0.5, 0.6) is 0 Å². The Bertz CT molecular complexity index is 605. The van der Waals surface area contributed by atoms with Crippen molar-refractivity contribution >= 4 is 0 Å². The summed E-state index contributed by atoms with van der Waals surface area (Å²) in [5, 5.41) is 0. The summed E-state index contributed by atoms with van der Waals surface area (Å²) in [6.07, 6.45) is 2.14. The Hall–Kier alpha value is -1.14. The molecule has 27 heavy (non-hydrogen) atoms. The average molecular weight is 387 g/mol. The Balaban J connectivity index is 1.52. The smallest absolute Gasteiger partial charge is 0.381 e. The first-order valence-electron chi connectivity index (χ1n) is 9.99.